The van der Waals surface area contributed by atoms with Crippen LogP contribution in [0.3, 0.4) is 0 Å². The second-order valence-electron chi connectivity index (χ2n) is 6.85. The largest absolute Gasteiger partial charge is 0.341 e. The van der Waals surface area contributed by atoms with Gasteiger partial charge >= 0.3 is 12.1 Å². The molecule has 8 nitrogen and oxygen atoms in total. The van der Waals surface area contributed by atoms with Crippen molar-refractivity contribution in [3.63, 3.8) is 0 Å². The van der Waals surface area contributed by atoms with Crippen molar-refractivity contribution in [2.75, 3.05) is 36.1 Å². The number of nitrogens with zero attached hydrogens (tertiary/aromatic N) is 1. The maximum absolute atomic E-state index is 12.7. The first-order chi connectivity index (χ1) is 14.0. The van der Waals surface area contributed by atoms with E-state index in [1.54, 1.807) is 29.2 Å². The zero-order chi connectivity index (χ0) is 20.6. The van der Waals surface area contributed by atoms with Crippen LogP contribution in [0.1, 0.15) is 12.8 Å². The quantitative estimate of drug-likeness (QED) is 0.638. The van der Waals surface area contributed by atoms with E-state index in [1.807, 2.05) is 30.3 Å². The van der Waals surface area contributed by atoms with Gasteiger partial charge < -0.3 is 26.2 Å². The molecule has 1 aliphatic heterocycles. The molecule has 1 heterocycles. The Morgan fingerprint density at radius 2 is 1.48 bits per heavy atom. The van der Waals surface area contributed by atoms with Crippen LogP contribution in [0.2, 0.25) is 0 Å². The average Bonchev–Trinajstić information content (AvgIpc) is 2.75. The van der Waals surface area contributed by atoms with E-state index in [0.717, 1.165) is 18.5 Å². The van der Waals surface area contributed by atoms with E-state index >= 15 is 0 Å². The SMILES string of the molecule is CNC(=O)Nc1ccc(NC(=O)[C@@H]2CCCN(C(=O)Nc3ccccc3)C2)cc1. The number of carbonyl (C=O) groups is 3. The Hall–Kier alpha value is -3.55. The number of urea groups is 2. The standard InChI is InChI=1S/C21H25N5O3/c1-22-20(28)24-18-11-9-17(10-12-18)23-19(27)15-6-5-13-26(14-15)21(29)25-16-7-3-2-4-8-16/h2-4,7-12,15H,5-6,13-14H2,1H3,(H,23,27)(H,25,29)(H2,22,24,28)/t15-/m1/s1. The fraction of sp³-hybridized carbons (Fsp3) is 0.286. The predicted molar refractivity (Wildman–Crippen MR) is 113 cm³/mol. The second kappa shape index (κ2) is 9.59. The number of hydrogen-bond acceptors (Lipinski definition) is 3. The molecule has 1 saturated heterocycles. The van der Waals surface area contributed by atoms with E-state index in [-0.39, 0.29) is 23.9 Å². The monoisotopic (exact) mass is 395 g/mol. The molecule has 2 aromatic rings. The highest BCUT2D eigenvalue weighted by Gasteiger charge is 2.28. The maximum atomic E-state index is 12.7. The summed E-state index contributed by atoms with van der Waals surface area (Å²) in [6.07, 6.45) is 1.51. The van der Waals surface area contributed by atoms with Crippen molar-refractivity contribution in [1.29, 1.82) is 0 Å². The summed E-state index contributed by atoms with van der Waals surface area (Å²) in [7, 11) is 1.54. The lowest BCUT2D eigenvalue weighted by Crippen LogP contribution is -2.45. The number of hydrogen-bond donors (Lipinski definition) is 4. The molecule has 1 fully saturated rings. The number of likely N-dealkylation sites (tertiary alicyclic amines) is 1. The van der Waals surface area contributed by atoms with Crippen LogP contribution in [0.25, 0.3) is 0 Å². The third-order valence-corrected chi connectivity index (χ3v) is 4.74. The normalized spacial score (nSPS) is 15.9. The molecular weight excluding hydrogens is 370 g/mol. The first kappa shape index (κ1) is 20.2. The Labute approximate surface area is 169 Å². The van der Waals surface area contributed by atoms with Gasteiger partial charge in [0.1, 0.15) is 0 Å². The minimum Gasteiger partial charge on any atom is -0.341 e. The van der Waals surface area contributed by atoms with E-state index < -0.39 is 0 Å². The van der Waals surface area contributed by atoms with Gasteiger partial charge in [0.15, 0.2) is 0 Å². The molecule has 0 aromatic heterocycles. The van der Waals surface area contributed by atoms with E-state index in [1.165, 1.54) is 7.05 Å². The topological polar surface area (TPSA) is 103 Å². The Bertz CT molecular complexity index is 854. The first-order valence-electron chi connectivity index (χ1n) is 9.56. The van der Waals surface area contributed by atoms with Gasteiger partial charge in [0.05, 0.1) is 5.92 Å². The lowest BCUT2D eigenvalue weighted by Gasteiger charge is -2.32. The fourth-order valence-corrected chi connectivity index (χ4v) is 3.17. The number of nitrogens with one attached hydrogen (secondary N) is 4. The van der Waals surface area contributed by atoms with Crippen LogP contribution in [0.15, 0.2) is 54.6 Å². The Morgan fingerprint density at radius 1 is 0.862 bits per heavy atom. The highest BCUT2D eigenvalue weighted by molar-refractivity contribution is 5.95. The third-order valence-electron chi connectivity index (χ3n) is 4.74. The fourth-order valence-electron chi connectivity index (χ4n) is 3.17. The summed E-state index contributed by atoms with van der Waals surface area (Å²) < 4.78 is 0. The molecule has 3 rings (SSSR count). The lowest BCUT2D eigenvalue weighted by molar-refractivity contribution is -0.121. The number of anilines is 3. The molecule has 0 bridgehead atoms. The number of benzene rings is 2. The minimum atomic E-state index is -0.308. The highest BCUT2D eigenvalue weighted by Crippen LogP contribution is 2.21. The molecule has 2 aromatic carbocycles. The lowest BCUT2D eigenvalue weighted by atomic mass is 9.97. The molecule has 0 radical (unpaired) electrons. The van der Waals surface area contributed by atoms with Crippen molar-refractivity contribution in [2.24, 2.45) is 5.92 Å². The van der Waals surface area contributed by atoms with Crippen LogP contribution in [0.4, 0.5) is 26.7 Å². The van der Waals surface area contributed by atoms with Gasteiger partial charge in [0, 0.05) is 37.2 Å². The van der Waals surface area contributed by atoms with Gasteiger partial charge in [-0.2, -0.15) is 0 Å². The summed E-state index contributed by atoms with van der Waals surface area (Å²) in [6.45, 7) is 1.00. The van der Waals surface area contributed by atoms with Gasteiger partial charge in [-0.25, -0.2) is 9.59 Å². The summed E-state index contributed by atoms with van der Waals surface area (Å²) >= 11 is 0. The van der Waals surface area contributed by atoms with Gasteiger partial charge in [-0.05, 0) is 49.2 Å². The van der Waals surface area contributed by atoms with E-state index in [0.29, 0.717) is 24.5 Å². The number of carbonyl (C=O) groups excluding carboxylic acids is 3. The van der Waals surface area contributed by atoms with Crippen LogP contribution in [-0.4, -0.2) is 43.0 Å². The van der Waals surface area contributed by atoms with Gasteiger partial charge in [0.2, 0.25) is 5.91 Å². The van der Waals surface area contributed by atoms with Crippen LogP contribution in [0, 0.1) is 5.92 Å². The van der Waals surface area contributed by atoms with E-state index in [9.17, 15) is 14.4 Å². The molecule has 8 heteroatoms. The molecule has 5 amide bonds. The second-order valence-corrected chi connectivity index (χ2v) is 6.85. The van der Waals surface area contributed by atoms with E-state index in [4.69, 9.17) is 0 Å². The van der Waals surface area contributed by atoms with Crippen molar-refractivity contribution in [3.05, 3.63) is 54.6 Å². The zero-order valence-electron chi connectivity index (χ0n) is 16.3. The Balaban J connectivity index is 1.54. The van der Waals surface area contributed by atoms with Crippen LogP contribution >= 0.6 is 0 Å². The number of para-hydroxylation sites is 1. The van der Waals surface area contributed by atoms with Gasteiger partial charge in [0.25, 0.3) is 0 Å². The number of amides is 5. The molecule has 1 aliphatic rings. The van der Waals surface area contributed by atoms with Crippen LogP contribution in [0.5, 0.6) is 0 Å². The molecule has 4 N–H and O–H groups in total. The van der Waals surface area contributed by atoms with Crippen molar-refractivity contribution in [2.45, 2.75) is 12.8 Å². The summed E-state index contributed by atoms with van der Waals surface area (Å²) in [6, 6.07) is 15.6. The van der Waals surface area contributed by atoms with Crippen molar-refractivity contribution in [1.82, 2.24) is 10.2 Å². The molecule has 0 unspecified atom stereocenters. The summed E-state index contributed by atoms with van der Waals surface area (Å²) in [5.41, 5.74) is 2.00. The summed E-state index contributed by atoms with van der Waals surface area (Å²) in [5.74, 6) is -0.386. The summed E-state index contributed by atoms with van der Waals surface area (Å²) in [5, 5.41) is 10.9. The molecule has 0 aliphatic carbocycles. The molecule has 29 heavy (non-hydrogen) atoms. The van der Waals surface area contributed by atoms with Crippen molar-refractivity contribution in [3.8, 4) is 0 Å². The third kappa shape index (κ3) is 5.71. The molecule has 0 spiro atoms. The Kier molecular flexibility index (Phi) is 6.67. The number of piperidine rings is 1. The van der Waals surface area contributed by atoms with Crippen LogP contribution in [-0.2, 0) is 4.79 Å². The van der Waals surface area contributed by atoms with Crippen molar-refractivity contribution < 1.29 is 14.4 Å². The zero-order valence-corrected chi connectivity index (χ0v) is 16.3. The average molecular weight is 395 g/mol. The molecule has 0 saturated carbocycles. The predicted octanol–water partition coefficient (Wildman–Crippen LogP) is 3.32. The van der Waals surface area contributed by atoms with Gasteiger partial charge in [-0.3, -0.25) is 4.79 Å². The number of rotatable bonds is 4. The van der Waals surface area contributed by atoms with Crippen LogP contribution < -0.4 is 21.3 Å². The minimum absolute atomic E-state index is 0.116. The summed E-state index contributed by atoms with van der Waals surface area (Å²) in [4.78, 5) is 38.1. The highest BCUT2D eigenvalue weighted by atomic mass is 16.2. The van der Waals surface area contributed by atoms with E-state index in [2.05, 4.69) is 21.3 Å². The first-order valence-corrected chi connectivity index (χ1v) is 9.56. The van der Waals surface area contributed by atoms with Gasteiger partial charge in [-0.15, -0.1) is 0 Å². The van der Waals surface area contributed by atoms with Gasteiger partial charge in [-0.1, -0.05) is 18.2 Å². The molecular formula is C21H25N5O3. The molecule has 1 atom stereocenters. The smallest absolute Gasteiger partial charge is 0.321 e. The molecule has 152 valence electrons. The Morgan fingerprint density at radius 3 is 2.14 bits per heavy atom. The maximum Gasteiger partial charge on any atom is 0.321 e. The van der Waals surface area contributed by atoms with Crippen molar-refractivity contribution >= 4 is 35.0 Å².